The average molecular weight is 267 g/mol. The van der Waals surface area contributed by atoms with Crippen molar-refractivity contribution in [2.45, 2.75) is 5.22 Å². The molecule has 5 nitrogen and oxygen atoms in total. The van der Waals surface area contributed by atoms with Gasteiger partial charge in [0, 0.05) is 5.58 Å². The molecule has 2 rings (SSSR count). The third kappa shape index (κ3) is 5.13. The first-order chi connectivity index (χ1) is 7.13. The van der Waals surface area contributed by atoms with Gasteiger partial charge in [0.05, 0.1) is 0 Å². The standard InChI is InChI=1S/C8H6NOS.Na.O3S/c1-11-8-9-6-4-2-3-5-7(6)10-8;;1-4(2)3/h3-5H,1H3;;/q-1;+1;. The van der Waals surface area contributed by atoms with E-state index in [2.05, 4.69) is 11.1 Å². The number of nitrogens with zero attached hydrogens (tertiary/aromatic N) is 1. The van der Waals surface area contributed by atoms with E-state index in [0.29, 0.717) is 5.22 Å². The predicted octanol–water partition coefficient (Wildman–Crippen LogP) is -1.65. The summed E-state index contributed by atoms with van der Waals surface area (Å²) in [7, 11) is -3.11. The third-order valence-electron chi connectivity index (χ3n) is 1.39. The van der Waals surface area contributed by atoms with E-state index in [1.807, 2.05) is 24.5 Å². The van der Waals surface area contributed by atoms with Crippen LogP contribution in [-0.4, -0.2) is 23.9 Å². The molecule has 0 aliphatic rings. The molecule has 0 amide bonds. The van der Waals surface area contributed by atoms with Crippen LogP contribution in [0.5, 0.6) is 0 Å². The normalized spacial score (nSPS) is 8.81. The van der Waals surface area contributed by atoms with Crippen LogP contribution in [0.25, 0.3) is 11.1 Å². The quantitative estimate of drug-likeness (QED) is 0.350. The Balaban J connectivity index is 0.000000397. The SMILES string of the molecule is CSc1nc2c[c-]ccc2o1.O=S(=O)=O.[Na+]. The van der Waals surface area contributed by atoms with E-state index < -0.39 is 10.6 Å². The van der Waals surface area contributed by atoms with E-state index >= 15 is 0 Å². The largest absolute Gasteiger partial charge is 1.00 e. The number of aromatic nitrogens is 1. The summed E-state index contributed by atoms with van der Waals surface area (Å²) in [6.45, 7) is 0. The Morgan fingerprint density at radius 2 is 2.06 bits per heavy atom. The number of fused-ring (bicyclic) bond motifs is 1. The Kier molecular flexibility index (Phi) is 7.69. The van der Waals surface area contributed by atoms with Crippen LogP contribution in [0, 0.1) is 6.07 Å². The zero-order chi connectivity index (χ0) is 11.3. The van der Waals surface area contributed by atoms with Crippen molar-refractivity contribution >= 4 is 33.5 Å². The molecule has 1 aromatic carbocycles. The van der Waals surface area contributed by atoms with E-state index in [4.69, 9.17) is 17.0 Å². The molecule has 1 aromatic heterocycles. The first-order valence-corrected chi connectivity index (χ1v) is 5.93. The van der Waals surface area contributed by atoms with Crippen LogP contribution < -0.4 is 29.6 Å². The second kappa shape index (κ2) is 7.86. The number of hydrogen-bond acceptors (Lipinski definition) is 6. The maximum Gasteiger partial charge on any atom is 1.00 e. The monoisotopic (exact) mass is 267 g/mol. The molecular weight excluding hydrogens is 261 g/mol. The summed E-state index contributed by atoms with van der Waals surface area (Å²) in [6, 6.07) is 8.44. The third-order valence-corrected chi connectivity index (χ3v) is 1.91. The summed E-state index contributed by atoms with van der Waals surface area (Å²) in [5.41, 5.74) is 1.70. The molecule has 0 atom stereocenters. The minimum Gasteiger partial charge on any atom is -0.459 e. The second-order valence-electron chi connectivity index (χ2n) is 2.28. The van der Waals surface area contributed by atoms with E-state index in [1.165, 1.54) is 11.8 Å². The molecule has 8 heteroatoms. The molecule has 0 radical (unpaired) electrons. The topological polar surface area (TPSA) is 77.2 Å². The number of thioether (sulfide) groups is 1. The van der Waals surface area contributed by atoms with Crippen LogP contribution in [0.15, 0.2) is 27.8 Å². The van der Waals surface area contributed by atoms with Gasteiger partial charge < -0.3 is 4.42 Å². The number of rotatable bonds is 1. The molecule has 0 saturated carbocycles. The number of hydrogen-bond donors (Lipinski definition) is 0. The summed E-state index contributed by atoms with van der Waals surface area (Å²) >= 11 is 1.50. The molecule has 80 valence electrons. The molecule has 0 N–H and O–H groups in total. The van der Waals surface area contributed by atoms with Crippen LogP contribution in [0.2, 0.25) is 0 Å². The fourth-order valence-corrected chi connectivity index (χ4v) is 1.25. The Bertz CT molecular complexity index is 511. The Morgan fingerprint density at radius 1 is 1.44 bits per heavy atom. The zero-order valence-electron chi connectivity index (χ0n) is 8.63. The van der Waals surface area contributed by atoms with E-state index in [-0.39, 0.29) is 29.6 Å². The molecular formula is C8H6NNaO4S2. The molecule has 0 unspecified atom stereocenters. The van der Waals surface area contributed by atoms with Gasteiger partial charge >= 0.3 is 40.2 Å². The van der Waals surface area contributed by atoms with Crippen molar-refractivity contribution in [1.82, 2.24) is 4.98 Å². The van der Waals surface area contributed by atoms with Crippen molar-refractivity contribution in [3.63, 3.8) is 0 Å². The minimum atomic E-state index is -3.11. The van der Waals surface area contributed by atoms with Crippen LogP contribution in [0.4, 0.5) is 0 Å². The summed E-state index contributed by atoms with van der Waals surface area (Å²) in [6.07, 6.45) is 1.94. The smallest absolute Gasteiger partial charge is 0.459 e. The Hall–Kier alpha value is -0.340. The van der Waals surface area contributed by atoms with Crippen molar-refractivity contribution in [1.29, 1.82) is 0 Å². The van der Waals surface area contributed by atoms with Gasteiger partial charge in [0.25, 0.3) is 0 Å². The van der Waals surface area contributed by atoms with Crippen molar-refractivity contribution in [3.05, 3.63) is 24.3 Å². The van der Waals surface area contributed by atoms with E-state index in [9.17, 15) is 0 Å². The van der Waals surface area contributed by atoms with Gasteiger partial charge in [-0.2, -0.15) is 12.1 Å². The fourth-order valence-electron chi connectivity index (χ4n) is 0.884. The molecule has 0 aliphatic carbocycles. The van der Waals surface area contributed by atoms with Crippen molar-refractivity contribution in [3.8, 4) is 0 Å². The van der Waals surface area contributed by atoms with Gasteiger partial charge in [0.1, 0.15) is 0 Å². The first-order valence-electron chi connectivity index (χ1n) is 3.71. The number of benzene rings is 1. The maximum atomic E-state index is 8.44. The molecule has 2 aromatic rings. The second-order valence-corrected chi connectivity index (χ2v) is 3.45. The van der Waals surface area contributed by atoms with Crippen LogP contribution in [-0.2, 0) is 10.6 Å². The Labute approximate surface area is 120 Å². The van der Waals surface area contributed by atoms with Gasteiger partial charge in [0.15, 0.2) is 0 Å². The van der Waals surface area contributed by atoms with Crippen molar-refractivity contribution in [2.75, 3.05) is 6.26 Å². The molecule has 0 aliphatic heterocycles. The zero-order valence-corrected chi connectivity index (χ0v) is 12.3. The molecule has 16 heavy (non-hydrogen) atoms. The van der Waals surface area contributed by atoms with Crippen LogP contribution >= 0.6 is 11.8 Å². The Morgan fingerprint density at radius 3 is 2.56 bits per heavy atom. The van der Waals surface area contributed by atoms with Gasteiger partial charge in [0.2, 0.25) is 5.22 Å². The van der Waals surface area contributed by atoms with Gasteiger partial charge in [-0.15, -0.1) is 24.8 Å². The number of oxazole rings is 1. The van der Waals surface area contributed by atoms with Crippen LogP contribution in [0.3, 0.4) is 0 Å². The van der Waals surface area contributed by atoms with Crippen molar-refractivity contribution in [2.24, 2.45) is 0 Å². The summed E-state index contributed by atoms with van der Waals surface area (Å²) in [5.74, 6) is 0. The summed E-state index contributed by atoms with van der Waals surface area (Å²) < 4.78 is 30.7. The molecule has 0 fully saturated rings. The molecule has 0 bridgehead atoms. The fraction of sp³-hybridized carbons (Fsp3) is 0.125. The van der Waals surface area contributed by atoms with Gasteiger partial charge in [-0.1, -0.05) is 11.8 Å². The molecule has 0 saturated heterocycles. The van der Waals surface area contributed by atoms with Gasteiger partial charge in [-0.05, 0) is 11.8 Å². The molecule has 0 spiro atoms. The van der Waals surface area contributed by atoms with E-state index in [1.54, 1.807) is 0 Å². The van der Waals surface area contributed by atoms with Gasteiger partial charge in [-0.3, -0.25) is 4.98 Å². The van der Waals surface area contributed by atoms with Crippen LogP contribution in [0.1, 0.15) is 0 Å². The summed E-state index contributed by atoms with van der Waals surface area (Å²) in [4.78, 5) is 4.20. The minimum absolute atomic E-state index is 0. The predicted molar refractivity (Wildman–Crippen MR) is 54.3 cm³/mol. The average Bonchev–Trinajstić information content (AvgIpc) is 2.59. The summed E-state index contributed by atoms with van der Waals surface area (Å²) in [5, 5.41) is 0.708. The van der Waals surface area contributed by atoms with Crippen molar-refractivity contribution < 1.29 is 46.6 Å². The van der Waals surface area contributed by atoms with E-state index in [0.717, 1.165) is 11.1 Å². The molecule has 1 heterocycles. The maximum absolute atomic E-state index is 8.44. The van der Waals surface area contributed by atoms with Gasteiger partial charge in [-0.25, -0.2) is 0 Å². The first kappa shape index (κ1) is 15.7.